The van der Waals surface area contributed by atoms with E-state index in [1.165, 1.54) is 25.7 Å². The van der Waals surface area contributed by atoms with E-state index in [9.17, 15) is 0 Å². The van der Waals surface area contributed by atoms with Gasteiger partial charge in [-0.1, -0.05) is 40.4 Å². The third-order valence-electron chi connectivity index (χ3n) is 3.53. The lowest BCUT2D eigenvalue weighted by atomic mass is 10.1. The van der Waals surface area contributed by atoms with E-state index in [1.54, 1.807) is 7.11 Å². The average Bonchev–Trinajstić information content (AvgIpc) is 2.69. The van der Waals surface area contributed by atoms with Crippen LogP contribution in [0.15, 0.2) is 12.1 Å². The van der Waals surface area contributed by atoms with Crippen molar-refractivity contribution < 1.29 is 9.47 Å². The van der Waals surface area contributed by atoms with Gasteiger partial charge in [0.25, 0.3) is 0 Å². The molecule has 1 aromatic rings. The standard InChI is InChI=1S/C15H20BrClO2/c1-18-14-9-11(10-16)8-13(17)15(14)19-12-6-4-2-3-5-7-12/h8-9,12H,2-7,10H2,1H3. The van der Waals surface area contributed by atoms with E-state index in [4.69, 9.17) is 21.1 Å². The molecule has 2 rings (SSSR count). The maximum absolute atomic E-state index is 6.33. The fourth-order valence-corrected chi connectivity index (χ4v) is 3.09. The van der Waals surface area contributed by atoms with Gasteiger partial charge in [0, 0.05) is 5.33 Å². The summed E-state index contributed by atoms with van der Waals surface area (Å²) in [5.41, 5.74) is 1.09. The number of halogens is 2. The summed E-state index contributed by atoms with van der Waals surface area (Å²) in [4.78, 5) is 0. The van der Waals surface area contributed by atoms with Gasteiger partial charge < -0.3 is 9.47 Å². The molecule has 0 radical (unpaired) electrons. The van der Waals surface area contributed by atoms with Gasteiger partial charge in [-0.2, -0.15) is 0 Å². The van der Waals surface area contributed by atoms with Gasteiger partial charge in [-0.3, -0.25) is 0 Å². The second-order valence-electron chi connectivity index (χ2n) is 4.97. The lowest BCUT2D eigenvalue weighted by Gasteiger charge is -2.20. The minimum Gasteiger partial charge on any atom is -0.493 e. The summed E-state index contributed by atoms with van der Waals surface area (Å²) in [6, 6.07) is 3.91. The molecule has 0 unspecified atom stereocenters. The molecule has 1 aliphatic rings. The van der Waals surface area contributed by atoms with Crippen molar-refractivity contribution in [1.82, 2.24) is 0 Å². The van der Waals surface area contributed by atoms with Crippen LogP contribution in [0.1, 0.15) is 44.1 Å². The van der Waals surface area contributed by atoms with Crippen molar-refractivity contribution in [3.63, 3.8) is 0 Å². The Balaban J connectivity index is 2.18. The van der Waals surface area contributed by atoms with Gasteiger partial charge in [-0.15, -0.1) is 0 Å². The van der Waals surface area contributed by atoms with E-state index in [-0.39, 0.29) is 6.10 Å². The Morgan fingerprint density at radius 3 is 2.47 bits per heavy atom. The Labute approximate surface area is 128 Å². The number of rotatable bonds is 4. The highest BCUT2D eigenvalue weighted by Gasteiger charge is 2.18. The Morgan fingerprint density at radius 1 is 1.21 bits per heavy atom. The van der Waals surface area contributed by atoms with Crippen LogP contribution in [0.3, 0.4) is 0 Å². The first kappa shape index (κ1) is 15.0. The van der Waals surface area contributed by atoms with E-state index in [0.29, 0.717) is 10.8 Å². The molecular formula is C15H20BrClO2. The van der Waals surface area contributed by atoms with Crippen LogP contribution in [0.5, 0.6) is 11.5 Å². The predicted octanol–water partition coefficient (Wildman–Crippen LogP) is 5.35. The highest BCUT2D eigenvalue weighted by molar-refractivity contribution is 9.08. The van der Waals surface area contributed by atoms with Gasteiger partial charge in [0.15, 0.2) is 11.5 Å². The van der Waals surface area contributed by atoms with Crippen LogP contribution < -0.4 is 9.47 Å². The summed E-state index contributed by atoms with van der Waals surface area (Å²) in [6.45, 7) is 0. The first-order chi connectivity index (χ1) is 9.24. The van der Waals surface area contributed by atoms with Crippen molar-refractivity contribution in [3.05, 3.63) is 22.7 Å². The van der Waals surface area contributed by atoms with E-state index in [1.807, 2.05) is 12.1 Å². The van der Waals surface area contributed by atoms with Crippen LogP contribution in [0.25, 0.3) is 0 Å². The lowest BCUT2D eigenvalue weighted by molar-refractivity contribution is 0.176. The molecule has 1 aliphatic carbocycles. The molecule has 0 amide bonds. The SMILES string of the molecule is COc1cc(CBr)cc(Cl)c1OC1CCCCCC1. The van der Waals surface area contributed by atoms with Crippen LogP contribution in [0, 0.1) is 0 Å². The molecule has 0 saturated heterocycles. The first-order valence-corrected chi connectivity index (χ1v) is 8.33. The smallest absolute Gasteiger partial charge is 0.180 e. The minimum atomic E-state index is 0.267. The number of hydrogen-bond donors (Lipinski definition) is 0. The summed E-state index contributed by atoms with van der Waals surface area (Å²) < 4.78 is 11.5. The first-order valence-electron chi connectivity index (χ1n) is 6.83. The Hall–Kier alpha value is -0.410. The maximum Gasteiger partial charge on any atom is 0.180 e. The molecule has 106 valence electrons. The van der Waals surface area contributed by atoms with Gasteiger partial charge in [-0.05, 0) is 43.4 Å². The Kier molecular flexibility index (Phi) is 5.83. The van der Waals surface area contributed by atoms with Crippen molar-refractivity contribution in [1.29, 1.82) is 0 Å². The van der Waals surface area contributed by atoms with E-state index >= 15 is 0 Å². The van der Waals surface area contributed by atoms with Crippen LogP contribution in [-0.4, -0.2) is 13.2 Å². The van der Waals surface area contributed by atoms with Crippen molar-refractivity contribution in [2.75, 3.05) is 7.11 Å². The Morgan fingerprint density at radius 2 is 1.89 bits per heavy atom. The quantitative estimate of drug-likeness (QED) is 0.540. The molecular weight excluding hydrogens is 328 g/mol. The second-order valence-corrected chi connectivity index (χ2v) is 5.94. The fourth-order valence-electron chi connectivity index (χ4n) is 2.49. The highest BCUT2D eigenvalue weighted by atomic mass is 79.9. The fraction of sp³-hybridized carbons (Fsp3) is 0.600. The van der Waals surface area contributed by atoms with E-state index in [0.717, 1.165) is 29.5 Å². The highest BCUT2D eigenvalue weighted by Crippen LogP contribution is 2.38. The number of alkyl halides is 1. The van der Waals surface area contributed by atoms with E-state index < -0.39 is 0 Å². The molecule has 1 aromatic carbocycles. The molecule has 0 aliphatic heterocycles. The van der Waals surface area contributed by atoms with Gasteiger partial charge in [0.05, 0.1) is 18.2 Å². The van der Waals surface area contributed by atoms with E-state index in [2.05, 4.69) is 15.9 Å². The van der Waals surface area contributed by atoms with Crippen LogP contribution in [-0.2, 0) is 5.33 Å². The van der Waals surface area contributed by atoms with Crippen molar-refractivity contribution in [3.8, 4) is 11.5 Å². The minimum absolute atomic E-state index is 0.267. The molecule has 0 heterocycles. The molecule has 1 saturated carbocycles. The van der Waals surface area contributed by atoms with Crippen molar-refractivity contribution in [2.45, 2.75) is 50.0 Å². The molecule has 0 bridgehead atoms. The predicted molar refractivity (Wildman–Crippen MR) is 82.8 cm³/mol. The second kappa shape index (κ2) is 7.39. The third-order valence-corrected chi connectivity index (χ3v) is 4.46. The zero-order valence-corrected chi connectivity index (χ0v) is 13.6. The summed E-state index contributed by atoms with van der Waals surface area (Å²) in [5.74, 6) is 1.42. The van der Waals surface area contributed by atoms with Crippen molar-refractivity contribution in [2.24, 2.45) is 0 Å². The third kappa shape index (κ3) is 4.03. The maximum atomic E-state index is 6.33. The van der Waals surface area contributed by atoms with Gasteiger partial charge in [0.2, 0.25) is 0 Å². The zero-order chi connectivity index (χ0) is 13.7. The summed E-state index contributed by atoms with van der Waals surface area (Å²) in [5, 5.41) is 1.39. The summed E-state index contributed by atoms with van der Waals surface area (Å²) in [7, 11) is 1.66. The molecule has 0 atom stereocenters. The number of methoxy groups -OCH3 is 1. The van der Waals surface area contributed by atoms with Crippen LogP contribution in [0.2, 0.25) is 5.02 Å². The number of benzene rings is 1. The lowest BCUT2D eigenvalue weighted by Crippen LogP contribution is -2.16. The molecule has 19 heavy (non-hydrogen) atoms. The summed E-state index contributed by atoms with van der Waals surface area (Å²) >= 11 is 9.76. The van der Waals surface area contributed by atoms with Gasteiger partial charge >= 0.3 is 0 Å². The van der Waals surface area contributed by atoms with Crippen LogP contribution in [0.4, 0.5) is 0 Å². The summed E-state index contributed by atoms with van der Waals surface area (Å²) in [6.07, 6.45) is 7.59. The van der Waals surface area contributed by atoms with Crippen molar-refractivity contribution >= 4 is 27.5 Å². The Bertz CT molecular complexity index is 415. The number of ether oxygens (including phenoxy) is 2. The molecule has 1 fully saturated rings. The number of hydrogen-bond acceptors (Lipinski definition) is 2. The molecule has 0 spiro atoms. The molecule has 0 aromatic heterocycles. The average molecular weight is 348 g/mol. The normalized spacial score (nSPS) is 17.0. The largest absolute Gasteiger partial charge is 0.493 e. The monoisotopic (exact) mass is 346 g/mol. The van der Waals surface area contributed by atoms with Gasteiger partial charge in [0.1, 0.15) is 0 Å². The molecule has 4 heteroatoms. The van der Waals surface area contributed by atoms with Crippen LogP contribution >= 0.6 is 27.5 Å². The molecule has 0 N–H and O–H groups in total. The van der Waals surface area contributed by atoms with Gasteiger partial charge in [-0.25, -0.2) is 0 Å². The topological polar surface area (TPSA) is 18.5 Å². The molecule has 2 nitrogen and oxygen atoms in total. The zero-order valence-electron chi connectivity index (χ0n) is 11.3.